The van der Waals surface area contributed by atoms with Gasteiger partial charge in [-0.3, -0.25) is 0 Å². The third kappa shape index (κ3) is 6.54. The maximum Gasteiger partial charge on any atom is 0.100 e. The fourth-order valence-corrected chi connectivity index (χ4v) is 0.759. The Bertz CT molecular complexity index is 100. The van der Waals surface area contributed by atoms with Crippen LogP contribution in [0.5, 0.6) is 0 Å². The highest BCUT2D eigenvalue weighted by Gasteiger charge is 2.05. The number of ether oxygens (including phenoxy) is 1. The second kappa shape index (κ2) is 7.49. The lowest BCUT2D eigenvalue weighted by Crippen LogP contribution is -2.24. The Morgan fingerprint density at radius 2 is 2.17 bits per heavy atom. The molecule has 4 heteroatoms. The molecule has 0 aromatic carbocycles. The van der Waals surface area contributed by atoms with Gasteiger partial charge >= 0.3 is 0 Å². The van der Waals surface area contributed by atoms with Gasteiger partial charge < -0.3 is 20.3 Å². The molecule has 0 bridgehead atoms. The van der Waals surface area contributed by atoms with Crippen molar-refractivity contribution in [2.45, 2.75) is 25.6 Å². The van der Waals surface area contributed by atoms with Crippen LogP contribution < -0.4 is 5.32 Å². The van der Waals surface area contributed by atoms with Gasteiger partial charge in [0.2, 0.25) is 0 Å². The molecule has 2 atom stereocenters. The summed E-state index contributed by atoms with van der Waals surface area (Å²) in [6.07, 6.45) is 0.287. The minimum Gasteiger partial charge on any atom is -0.394 e. The van der Waals surface area contributed by atoms with Gasteiger partial charge in [0.05, 0.1) is 19.3 Å². The van der Waals surface area contributed by atoms with E-state index in [1.54, 1.807) is 0 Å². The Balaban J connectivity index is 3.24. The van der Waals surface area contributed by atoms with Crippen LogP contribution in [0.4, 0.5) is 0 Å². The van der Waals surface area contributed by atoms with Gasteiger partial charge in [0, 0.05) is 0 Å². The van der Waals surface area contributed by atoms with Crippen LogP contribution in [-0.4, -0.2) is 49.2 Å². The Labute approximate surface area is 73.5 Å². The average Bonchev–Trinajstić information content (AvgIpc) is 2.10. The molecule has 0 saturated heterocycles. The maximum absolute atomic E-state index is 8.94. The molecule has 0 saturated carbocycles. The third-order valence-electron chi connectivity index (χ3n) is 1.58. The van der Waals surface area contributed by atoms with Crippen molar-refractivity contribution >= 4 is 0 Å². The maximum atomic E-state index is 8.94. The molecule has 0 spiro atoms. The topological polar surface area (TPSA) is 61.7 Å². The summed E-state index contributed by atoms with van der Waals surface area (Å²) in [6, 6.07) is 0. The summed E-state index contributed by atoms with van der Waals surface area (Å²) in [5.41, 5.74) is 0. The van der Waals surface area contributed by atoms with Crippen molar-refractivity contribution in [1.29, 1.82) is 0 Å². The van der Waals surface area contributed by atoms with Crippen molar-refractivity contribution < 1.29 is 14.9 Å². The van der Waals surface area contributed by atoms with Gasteiger partial charge in [-0.25, -0.2) is 0 Å². The van der Waals surface area contributed by atoms with E-state index in [4.69, 9.17) is 14.9 Å². The zero-order chi connectivity index (χ0) is 9.40. The van der Waals surface area contributed by atoms with E-state index in [1.165, 1.54) is 0 Å². The molecular weight excluding hydrogens is 158 g/mol. The number of hydrogen-bond acceptors (Lipinski definition) is 4. The first-order valence-corrected chi connectivity index (χ1v) is 4.25. The van der Waals surface area contributed by atoms with Crippen molar-refractivity contribution in [1.82, 2.24) is 5.32 Å². The van der Waals surface area contributed by atoms with Crippen LogP contribution in [-0.2, 0) is 4.74 Å². The van der Waals surface area contributed by atoms with Crippen LogP contribution in [0, 0.1) is 0 Å². The van der Waals surface area contributed by atoms with Crippen LogP contribution in [0.3, 0.4) is 0 Å². The van der Waals surface area contributed by atoms with Crippen LogP contribution in [0.1, 0.15) is 13.3 Å². The Morgan fingerprint density at radius 1 is 1.50 bits per heavy atom. The predicted octanol–water partition coefficient (Wildman–Crippen LogP) is -0.646. The first kappa shape index (κ1) is 11.8. The number of rotatable bonds is 7. The van der Waals surface area contributed by atoms with Crippen LogP contribution in [0.15, 0.2) is 0 Å². The molecule has 2 unspecified atom stereocenters. The van der Waals surface area contributed by atoms with Gasteiger partial charge in [-0.1, -0.05) is 0 Å². The summed E-state index contributed by atoms with van der Waals surface area (Å²) in [5.74, 6) is 0. The van der Waals surface area contributed by atoms with Gasteiger partial charge in [0.25, 0.3) is 0 Å². The Morgan fingerprint density at radius 3 is 2.67 bits per heavy atom. The largest absolute Gasteiger partial charge is 0.394 e. The van der Waals surface area contributed by atoms with E-state index < -0.39 is 6.10 Å². The highest BCUT2D eigenvalue weighted by molar-refractivity contribution is 4.55. The normalized spacial score (nSPS) is 16.0. The molecule has 4 nitrogen and oxygen atoms in total. The van der Waals surface area contributed by atoms with E-state index in [0.717, 1.165) is 13.0 Å². The molecule has 0 fully saturated rings. The Hall–Kier alpha value is -0.160. The smallest absolute Gasteiger partial charge is 0.100 e. The Kier molecular flexibility index (Phi) is 7.39. The summed E-state index contributed by atoms with van der Waals surface area (Å²) in [7, 11) is 1.88. The van der Waals surface area contributed by atoms with Crippen molar-refractivity contribution in [3.8, 4) is 0 Å². The SMILES string of the molecule is CNCCC(C)OCC(O)CO. The number of aliphatic hydroxyl groups is 2. The fraction of sp³-hybridized carbons (Fsp3) is 1.00. The van der Waals surface area contributed by atoms with E-state index in [2.05, 4.69) is 5.32 Å². The quantitative estimate of drug-likeness (QED) is 0.484. The number of hydrogen-bond donors (Lipinski definition) is 3. The van der Waals surface area contributed by atoms with E-state index in [0.29, 0.717) is 0 Å². The summed E-state index contributed by atoms with van der Waals surface area (Å²) in [6.45, 7) is 2.82. The fourth-order valence-electron chi connectivity index (χ4n) is 0.759. The molecule has 12 heavy (non-hydrogen) atoms. The van der Waals surface area contributed by atoms with Gasteiger partial charge in [0.1, 0.15) is 6.10 Å². The summed E-state index contributed by atoms with van der Waals surface area (Å²) in [4.78, 5) is 0. The van der Waals surface area contributed by atoms with Crippen LogP contribution >= 0.6 is 0 Å². The van der Waals surface area contributed by atoms with Gasteiger partial charge in [-0.15, -0.1) is 0 Å². The van der Waals surface area contributed by atoms with Gasteiger partial charge in [-0.2, -0.15) is 0 Å². The van der Waals surface area contributed by atoms with Crippen molar-refractivity contribution in [3.05, 3.63) is 0 Å². The van der Waals surface area contributed by atoms with Crippen molar-refractivity contribution in [3.63, 3.8) is 0 Å². The molecule has 0 aliphatic rings. The average molecular weight is 177 g/mol. The summed E-state index contributed by atoms with van der Waals surface area (Å²) < 4.78 is 5.25. The zero-order valence-electron chi connectivity index (χ0n) is 7.79. The summed E-state index contributed by atoms with van der Waals surface area (Å²) in [5, 5.41) is 20.4. The zero-order valence-corrected chi connectivity index (χ0v) is 7.79. The number of nitrogens with one attached hydrogen (secondary N) is 1. The third-order valence-corrected chi connectivity index (χ3v) is 1.58. The van der Waals surface area contributed by atoms with Crippen LogP contribution in [0.2, 0.25) is 0 Å². The lowest BCUT2D eigenvalue weighted by Gasteiger charge is -2.14. The van der Waals surface area contributed by atoms with E-state index in [-0.39, 0.29) is 19.3 Å². The predicted molar refractivity (Wildman–Crippen MR) is 47.1 cm³/mol. The molecule has 0 radical (unpaired) electrons. The van der Waals surface area contributed by atoms with E-state index in [9.17, 15) is 0 Å². The standard InChI is InChI=1S/C8H19NO3/c1-7(3-4-9-2)12-6-8(11)5-10/h7-11H,3-6H2,1-2H3. The second-order valence-electron chi connectivity index (χ2n) is 2.87. The molecule has 0 aromatic heterocycles. The van der Waals surface area contributed by atoms with Gasteiger partial charge in [-0.05, 0) is 26.9 Å². The molecule has 0 amide bonds. The molecular formula is C8H19NO3. The number of aliphatic hydroxyl groups excluding tert-OH is 2. The molecule has 74 valence electrons. The van der Waals surface area contributed by atoms with Crippen LogP contribution in [0.25, 0.3) is 0 Å². The highest BCUT2D eigenvalue weighted by atomic mass is 16.5. The molecule has 0 rings (SSSR count). The highest BCUT2D eigenvalue weighted by Crippen LogP contribution is 1.97. The minimum atomic E-state index is -0.748. The second-order valence-corrected chi connectivity index (χ2v) is 2.87. The lowest BCUT2D eigenvalue weighted by atomic mass is 10.3. The van der Waals surface area contributed by atoms with Crippen molar-refractivity contribution in [2.75, 3.05) is 26.8 Å². The molecule has 3 N–H and O–H groups in total. The van der Waals surface area contributed by atoms with Crippen molar-refractivity contribution in [2.24, 2.45) is 0 Å². The molecule has 0 aromatic rings. The van der Waals surface area contributed by atoms with Gasteiger partial charge in [0.15, 0.2) is 0 Å². The van der Waals surface area contributed by atoms with E-state index >= 15 is 0 Å². The lowest BCUT2D eigenvalue weighted by molar-refractivity contribution is -0.0244. The first-order valence-electron chi connectivity index (χ1n) is 4.25. The van der Waals surface area contributed by atoms with E-state index in [1.807, 2.05) is 14.0 Å². The monoisotopic (exact) mass is 177 g/mol. The summed E-state index contributed by atoms with van der Waals surface area (Å²) >= 11 is 0. The molecule has 0 heterocycles. The first-order chi connectivity index (χ1) is 5.70. The minimum absolute atomic E-state index is 0.124. The molecule has 0 aliphatic carbocycles. The molecule has 0 aliphatic heterocycles.